The van der Waals surface area contributed by atoms with Gasteiger partial charge in [0.15, 0.2) is 0 Å². The minimum atomic E-state index is 0.765. The van der Waals surface area contributed by atoms with E-state index in [0.29, 0.717) is 0 Å². The van der Waals surface area contributed by atoms with Crippen LogP contribution in [0, 0.1) is 11.8 Å². The molecule has 80 valence electrons. The van der Waals surface area contributed by atoms with Gasteiger partial charge in [-0.15, -0.1) is 0 Å². The van der Waals surface area contributed by atoms with Crippen molar-refractivity contribution >= 4 is 0 Å². The molecular weight excluding hydrogens is 170 g/mol. The summed E-state index contributed by atoms with van der Waals surface area (Å²) < 4.78 is 0. The molecular formula is C13H23N. The topological polar surface area (TPSA) is 3.24 Å². The molecule has 2 rings (SSSR count). The Bertz CT molecular complexity index is 209. The molecule has 1 nitrogen and oxygen atoms in total. The van der Waals surface area contributed by atoms with Gasteiger partial charge in [-0.2, -0.15) is 0 Å². The van der Waals surface area contributed by atoms with Crippen LogP contribution in [-0.2, 0) is 0 Å². The van der Waals surface area contributed by atoms with Crippen molar-refractivity contribution < 1.29 is 0 Å². The first-order chi connectivity index (χ1) is 6.75. The summed E-state index contributed by atoms with van der Waals surface area (Å²) in [6.07, 6.45) is 10.5. The molecule has 0 aromatic carbocycles. The maximum absolute atomic E-state index is 2.69. The molecule has 0 N–H and O–H groups in total. The van der Waals surface area contributed by atoms with Gasteiger partial charge in [-0.05, 0) is 24.7 Å². The predicted molar refractivity (Wildman–Crippen MR) is 61.3 cm³/mol. The average molecular weight is 193 g/mol. The van der Waals surface area contributed by atoms with Crippen LogP contribution in [0.1, 0.15) is 39.5 Å². The molecule has 2 aliphatic rings. The zero-order valence-electron chi connectivity index (χ0n) is 9.58. The Labute approximate surface area is 88.2 Å². The monoisotopic (exact) mass is 193 g/mol. The van der Waals surface area contributed by atoms with E-state index in [2.05, 4.69) is 30.9 Å². The van der Waals surface area contributed by atoms with Gasteiger partial charge in [0, 0.05) is 19.1 Å². The third kappa shape index (κ3) is 2.38. The Hall–Kier alpha value is -0.300. The first-order valence-corrected chi connectivity index (χ1v) is 6.16. The summed E-state index contributed by atoms with van der Waals surface area (Å²) in [5.41, 5.74) is 0. The largest absolute Gasteiger partial charge is 0.296 e. The molecule has 1 heterocycles. The lowest BCUT2D eigenvalue weighted by Crippen LogP contribution is -2.42. The second-order valence-electron chi connectivity index (χ2n) is 5.28. The Morgan fingerprint density at radius 1 is 1.21 bits per heavy atom. The Morgan fingerprint density at radius 2 is 2.07 bits per heavy atom. The molecule has 0 amide bonds. The molecule has 1 aliphatic heterocycles. The lowest BCUT2D eigenvalue weighted by atomic mass is 9.85. The Morgan fingerprint density at radius 3 is 2.79 bits per heavy atom. The maximum atomic E-state index is 2.69. The van der Waals surface area contributed by atoms with Gasteiger partial charge in [0.05, 0.1) is 0 Å². The summed E-state index contributed by atoms with van der Waals surface area (Å²) in [5, 5.41) is 0. The molecule has 1 fully saturated rings. The van der Waals surface area contributed by atoms with Crippen molar-refractivity contribution in [2.75, 3.05) is 13.1 Å². The van der Waals surface area contributed by atoms with Crippen LogP contribution in [0.3, 0.4) is 0 Å². The van der Waals surface area contributed by atoms with E-state index >= 15 is 0 Å². The summed E-state index contributed by atoms with van der Waals surface area (Å²) in [6, 6.07) is 0.881. The van der Waals surface area contributed by atoms with Gasteiger partial charge in [-0.25, -0.2) is 0 Å². The van der Waals surface area contributed by atoms with Gasteiger partial charge in [0.25, 0.3) is 0 Å². The van der Waals surface area contributed by atoms with Crippen LogP contribution in [0.15, 0.2) is 12.2 Å². The second kappa shape index (κ2) is 4.48. The molecule has 0 aromatic heterocycles. The fraction of sp³-hybridized carbons (Fsp3) is 0.846. The molecule has 1 heteroatoms. The lowest BCUT2D eigenvalue weighted by Gasteiger charge is -2.38. The first kappa shape index (κ1) is 10.2. The highest BCUT2D eigenvalue weighted by Gasteiger charge is 2.25. The van der Waals surface area contributed by atoms with E-state index in [1.54, 1.807) is 0 Å². The molecule has 14 heavy (non-hydrogen) atoms. The SMILES string of the molecule is CC1C=CCN(C2CCCC(C)C2)C1. The van der Waals surface area contributed by atoms with Crippen LogP contribution in [0.2, 0.25) is 0 Å². The summed E-state index contributed by atoms with van der Waals surface area (Å²) in [7, 11) is 0. The Kier molecular flexibility index (Phi) is 3.27. The smallest absolute Gasteiger partial charge is 0.0166 e. The fourth-order valence-electron chi connectivity index (χ4n) is 2.97. The van der Waals surface area contributed by atoms with Gasteiger partial charge < -0.3 is 0 Å². The number of rotatable bonds is 1. The number of hydrogen-bond acceptors (Lipinski definition) is 1. The summed E-state index contributed by atoms with van der Waals surface area (Å²) in [5.74, 6) is 1.72. The van der Waals surface area contributed by atoms with E-state index in [1.165, 1.54) is 38.8 Å². The van der Waals surface area contributed by atoms with Gasteiger partial charge in [-0.1, -0.05) is 38.8 Å². The van der Waals surface area contributed by atoms with Crippen molar-refractivity contribution in [1.29, 1.82) is 0 Å². The van der Waals surface area contributed by atoms with Crippen molar-refractivity contribution in [2.24, 2.45) is 11.8 Å². The van der Waals surface area contributed by atoms with Crippen molar-refractivity contribution in [3.8, 4) is 0 Å². The predicted octanol–water partition coefficient (Wildman–Crippen LogP) is 3.07. The maximum Gasteiger partial charge on any atom is 0.0166 e. The van der Waals surface area contributed by atoms with E-state index in [0.717, 1.165) is 17.9 Å². The molecule has 1 saturated carbocycles. The first-order valence-electron chi connectivity index (χ1n) is 6.16. The highest BCUT2D eigenvalue weighted by Crippen LogP contribution is 2.28. The lowest BCUT2D eigenvalue weighted by molar-refractivity contribution is 0.132. The molecule has 1 aliphatic carbocycles. The minimum absolute atomic E-state index is 0.765. The average Bonchev–Trinajstić information content (AvgIpc) is 2.18. The van der Waals surface area contributed by atoms with E-state index in [9.17, 15) is 0 Å². The Balaban J connectivity index is 1.91. The van der Waals surface area contributed by atoms with Gasteiger partial charge in [-0.3, -0.25) is 4.90 Å². The summed E-state index contributed by atoms with van der Waals surface area (Å²) in [4.78, 5) is 2.69. The molecule has 0 saturated heterocycles. The molecule has 3 unspecified atom stereocenters. The summed E-state index contributed by atoms with van der Waals surface area (Å²) in [6.45, 7) is 7.22. The van der Waals surface area contributed by atoms with Crippen molar-refractivity contribution in [2.45, 2.75) is 45.6 Å². The van der Waals surface area contributed by atoms with Crippen LogP contribution in [0.5, 0.6) is 0 Å². The number of hydrogen-bond donors (Lipinski definition) is 0. The standard InChI is InChI=1S/C13H23N/c1-11-5-3-7-13(9-11)14-8-4-6-12(2)10-14/h4,6,11-13H,3,5,7-10H2,1-2H3. The molecule has 0 bridgehead atoms. The van der Waals surface area contributed by atoms with Crippen LogP contribution in [0.25, 0.3) is 0 Å². The number of nitrogens with zero attached hydrogens (tertiary/aromatic N) is 1. The van der Waals surface area contributed by atoms with Gasteiger partial charge in [0.1, 0.15) is 0 Å². The van der Waals surface area contributed by atoms with Crippen LogP contribution >= 0.6 is 0 Å². The van der Waals surface area contributed by atoms with Crippen LogP contribution in [-0.4, -0.2) is 24.0 Å². The van der Waals surface area contributed by atoms with E-state index < -0.39 is 0 Å². The van der Waals surface area contributed by atoms with Gasteiger partial charge >= 0.3 is 0 Å². The minimum Gasteiger partial charge on any atom is -0.296 e. The molecule has 3 atom stereocenters. The van der Waals surface area contributed by atoms with Gasteiger partial charge in [0.2, 0.25) is 0 Å². The van der Waals surface area contributed by atoms with E-state index in [1.807, 2.05) is 0 Å². The fourth-order valence-corrected chi connectivity index (χ4v) is 2.97. The quantitative estimate of drug-likeness (QED) is 0.578. The van der Waals surface area contributed by atoms with E-state index in [4.69, 9.17) is 0 Å². The molecule has 0 aromatic rings. The highest BCUT2D eigenvalue weighted by molar-refractivity contribution is 4.97. The molecule has 0 radical (unpaired) electrons. The zero-order chi connectivity index (χ0) is 9.97. The third-order valence-electron chi connectivity index (χ3n) is 3.75. The van der Waals surface area contributed by atoms with Crippen molar-refractivity contribution in [3.05, 3.63) is 12.2 Å². The van der Waals surface area contributed by atoms with E-state index in [-0.39, 0.29) is 0 Å². The van der Waals surface area contributed by atoms with Crippen LogP contribution in [0.4, 0.5) is 0 Å². The normalized spacial score (nSPS) is 40.0. The second-order valence-corrected chi connectivity index (χ2v) is 5.28. The van der Waals surface area contributed by atoms with Crippen LogP contribution < -0.4 is 0 Å². The van der Waals surface area contributed by atoms with Crippen molar-refractivity contribution in [1.82, 2.24) is 4.90 Å². The summed E-state index contributed by atoms with van der Waals surface area (Å²) >= 11 is 0. The zero-order valence-corrected chi connectivity index (χ0v) is 9.58. The highest BCUT2D eigenvalue weighted by atomic mass is 15.2. The molecule has 0 spiro atoms. The third-order valence-corrected chi connectivity index (χ3v) is 3.75. The van der Waals surface area contributed by atoms with Crippen molar-refractivity contribution in [3.63, 3.8) is 0 Å².